The van der Waals surface area contributed by atoms with Gasteiger partial charge in [0.25, 0.3) is 5.91 Å². The normalized spacial score (nSPS) is 10.4. The van der Waals surface area contributed by atoms with E-state index < -0.39 is 0 Å². The minimum atomic E-state index is -0.244. The molecule has 1 N–H and O–H groups in total. The summed E-state index contributed by atoms with van der Waals surface area (Å²) < 4.78 is 22.4. The van der Waals surface area contributed by atoms with E-state index in [9.17, 15) is 4.79 Å². The predicted octanol–water partition coefficient (Wildman–Crippen LogP) is 4.81. The zero-order valence-electron chi connectivity index (χ0n) is 17.6. The van der Waals surface area contributed by atoms with Crippen molar-refractivity contribution in [1.82, 2.24) is 0 Å². The maximum absolute atomic E-state index is 12.7. The molecule has 0 aliphatic rings. The molecule has 0 aliphatic heterocycles. The first-order valence-corrected chi connectivity index (χ1v) is 10.3. The summed E-state index contributed by atoms with van der Waals surface area (Å²) in [5, 5.41) is 2.90. The Morgan fingerprint density at radius 3 is 2.23 bits per heavy atom. The highest BCUT2D eigenvalue weighted by molar-refractivity contribution is 6.05. The van der Waals surface area contributed by atoms with Crippen molar-refractivity contribution in [2.75, 3.05) is 38.4 Å². The van der Waals surface area contributed by atoms with Crippen molar-refractivity contribution in [3.05, 3.63) is 84.4 Å². The second-order valence-corrected chi connectivity index (χ2v) is 6.53. The Labute approximate surface area is 182 Å². The van der Waals surface area contributed by atoms with Crippen LogP contribution in [0.3, 0.4) is 0 Å². The van der Waals surface area contributed by atoms with Crippen LogP contribution in [-0.2, 0) is 4.74 Å². The monoisotopic (exact) mass is 421 g/mol. The van der Waals surface area contributed by atoms with Crippen LogP contribution in [-0.4, -0.2) is 38.9 Å². The van der Waals surface area contributed by atoms with Crippen molar-refractivity contribution < 1.29 is 23.7 Å². The van der Waals surface area contributed by atoms with Gasteiger partial charge in [0.2, 0.25) is 0 Å². The topological polar surface area (TPSA) is 66.0 Å². The number of nitrogens with one attached hydrogen (secondary N) is 1. The number of para-hydroxylation sites is 3. The number of rotatable bonds is 12. The summed E-state index contributed by atoms with van der Waals surface area (Å²) in [7, 11) is 0. The quantitative estimate of drug-likeness (QED) is 0.425. The van der Waals surface area contributed by atoms with E-state index in [2.05, 4.69) is 5.32 Å². The van der Waals surface area contributed by atoms with Crippen LogP contribution in [0.1, 0.15) is 17.3 Å². The molecular formula is C25H27NO5. The number of benzene rings is 3. The standard InChI is InChI=1S/C25H27NO5/c1-2-28-15-16-31-24-14-7-6-13-23(24)26-25(27)20-9-8-12-22(19-20)30-18-17-29-21-10-4-3-5-11-21/h3-14,19H,2,15-18H2,1H3,(H,26,27). The third-order valence-corrected chi connectivity index (χ3v) is 4.28. The number of amides is 1. The maximum Gasteiger partial charge on any atom is 0.255 e. The summed E-state index contributed by atoms with van der Waals surface area (Å²) >= 11 is 0. The molecule has 0 bridgehead atoms. The summed E-state index contributed by atoms with van der Waals surface area (Å²) in [6.07, 6.45) is 0. The van der Waals surface area contributed by atoms with E-state index in [1.54, 1.807) is 24.3 Å². The van der Waals surface area contributed by atoms with Gasteiger partial charge >= 0.3 is 0 Å². The molecule has 0 fully saturated rings. The summed E-state index contributed by atoms with van der Waals surface area (Å²) in [4.78, 5) is 12.7. The van der Waals surface area contributed by atoms with Crippen LogP contribution in [0.15, 0.2) is 78.9 Å². The van der Waals surface area contributed by atoms with E-state index in [0.717, 1.165) is 5.75 Å². The fourth-order valence-electron chi connectivity index (χ4n) is 2.81. The van der Waals surface area contributed by atoms with Gasteiger partial charge in [0.05, 0.1) is 12.3 Å². The fourth-order valence-corrected chi connectivity index (χ4v) is 2.81. The van der Waals surface area contributed by atoms with Gasteiger partial charge in [-0.15, -0.1) is 0 Å². The van der Waals surface area contributed by atoms with Gasteiger partial charge in [-0.05, 0) is 49.4 Å². The Balaban J connectivity index is 1.53. The van der Waals surface area contributed by atoms with E-state index in [1.165, 1.54) is 0 Å². The molecule has 31 heavy (non-hydrogen) atoms. The third-order valence-electron chi connectivity index (χ3n) is 4.28. The Morgan fingerprint density at radius 2 is 1.42 bits per heavy atom. The van der Waals surface area contributed by atoms with Gasteiger partial charge in [-0.1, -0.05) is 36.4 Å². The van der Waals surface area contributed by atoms with Crippen molar-refractivity contribution in [2.45, 2.75) is 6.92 Å². The molecule has 0 saturated heterocycles. The highest BCUT2D eigenvalue weighted by Crippen LogP contribution is 2.25. The number of carbonyl (C=O) groups excluding carboxylic acids is 1. The highest BCUT2D eigenvalue weighted by Gasteiger charge is 2.11. The predicted molar refractivity (Wildman–Crippen MR) is 120 cm³/mol. The zero-order chi connectivity index (χ0) is 21.7. The smallest absolute Gasteiger partial charge is 0.255 e. The molecule has 0 aliphatic carbocycles. The Bertz CT molecular complexity index is 945. The van der Waals surface area contributed by atoms with Gasteiger partial charge in [-0.3, -0.25) is 4.79 Å². The van der Waals surface area contributed by atoms with Gasteiger partial charge in [-0.2, -0.15) is 0 Å². The zero-order valence-corrected chi connectivity index (χ0v) is 17.6. The Morgan fingerprint density at radius 1 is 0.742 bits per heavy atom. The van der Waals surface area contributed by atoms with Crippen molar-refractivity contribution >= 4 is 11.6 Å². The molecule has 0 radical (unpaired) electrons. The van der Waals surface area contributed by atoms with Crippen molar-refractivity contribution in [1.29, 1.82) is 0 Å². The average Bonchev–Trinajstić information content (AvgIpc) is 2.81. The number of ether oxygens (including phenoxy) is 4. The fraction of sp³-hybridized carbons (Fsp3) is 0.240. The summed E-state index contributed by atoms with van der Waals surface area (Å²) in [6.45, 7) is 4.26. The minimum absolute atomic E-state index is 0.244. The average molecular weight is 421 g/mol. The molecule has 0 atom stereocenters. The largest absolute Gasteiger partial charge is 0.490 e. The lowest BCUT2D eigenvalue weighted by Gasteiger charge is -2.13. The molecule has 3 aromatic rings. The number of hydrogen-bond donors (Lipinski definition) is 1. The van der Waals surface area contributed by atoms with Gasteiger partial charge < -0.3 is 24.3 Å². The summed E-state index contributed by atoms with van der Waals surface area (Å²) in [5.41, 5.74) is 1.09. The number of hydrogen-bond acceptors (Lipinski definition) is 5. The molecule has 0 saturated carbocycles. The van der Waals surface area contributed by atoms with E-state index in [0.29, 0.717) is 55.8 Å². The van der Waals surface area contributed by atoms with Gasteiger partial charge in [0.1, 0.15) is 37.1 Å². The molecule has 3 aromatic carbocycles. The molecule has 6 nitrogen and oxygen atoms in total. The second-order valence-electron chi connectivity index (χ2n) is 6.53. The first-order chi connectivity index (χ1) is 15.3. The number of carbonyl (C=O) groups is 1. The maximum atomic E-state index is 12.7. The molecule has 162 valence electrons. The first-order valence-electron chi connectivity index (χ1n) is 10.3. The Kier molecular flexibility index (Phi) is 8.76. The van der Waals surface area contributed by atoms with Crippen LogP contribution in [0.4, 0.5) is 5.69 Å². The van der Waals surface area contributed by atoms with Crippen molar-refractivity contribution in [3.63, 3.8) is 0 Å². The highest BCUT2D eigenvalue weighted by atomic mass is 16.5. The van der Waals surface area contributed by atoms with E-state index in [-0.39, 0.29) is 5.91 Å². The van der Waals surface area contributed by atoms with Crippen LogP contribution in [0, 0.1) is 0 Å². The van der Waals surface area contributed by atoms with E-state index in [4.69, 9.17) is 18.9 Å². The molecule has 6 heteroatoms. The van der Waals surface area contributed by atoms with Gasteiger partial charge in [0, 0.05) is 12.2 Å². The van der Waals surface area contributed by atoms with Crippen LogP contribution in [0.2, 0.25) is 0 Å². The lowest BCUT2D eigenvalue weighted by Crippen LogP contribution is -2.14. The molecule has 0 heterocycles. The molecule has 1 amide bonds. The molecule has 0 spiro atoms. The lowest BCUT2D eigenvalue weighted by atomic mass is 10.2. The van der Waals surface area contributed by atoms with E-state index in [1.807, 2.05) is 61.5 Å². The minimum Gasteiger partial charge on any atom is -0.490 e. The molecular weight excluding hydrogens is 394 g/mol. The van der Waals surface area contributed by atoms with Crippen LogP contribution < -0.4 is 19.5 Å². The van der Waals surface area contributed by atoms with Crippen LogP contribution in [0.25, 0.3) is 0 Å². The van der Waals surface area contributed by atoms with Crippen molar-refractivity contribution in [3.8, 4) is 17.2 Å². The molecule has 0 aromatic heterocycles. The number of anilines is 1. The van der Waals surface area contributed by atoms with Gasteiger partial charge in [0.15, 0.2) is 0 Å². The van der Waals surface area contributed by atoms with Crippen LogP contribution in [0.5, 0.6) is 17.2 Å². The lowest BCUT2D eigenvalue weighted by molar-refractivity contribution is 0.102. The third kappa shape index (κ3) is 7.35. The summed E-state index contributed by atoms with van der Waals surface area (Å²) in [5.74, 6) is 1.75. The molecule has 3 rings (SSSR count). The van der Waals surface area contributed by atoms with E-state index >= 15 is 0 Å². The first kappa shape index (κ1) is 22.2. The molecule has 0 unspecified atom stereocenters. The second kappa shape index (κ2) is 12.2. The van der Waals surface area contributed by atoms with Crippen LogP contribution >= 0.6 is 0 Å². The Hall–Kier alpha value is -3.51. The SMILES string of the molecule is CCOCCOc1ccccc1NC(=O)c1cccc(OCCOc2ccccc2)c1. The van der Waals surface area contributed by atoms with Crippen molar-refractivity contribution in [2.24, 2.45) is 0 Å². The van der Waals surface area contributed by atoms with Gasteiger partial charge in [-0.25, -0.2) is 0 Å². The summed E-state index contributed by atoms with van der Waals surface area (Å²) in [6, 6.07) is 23.9.